The molecular weight excluding hydrogens is 396 g/mol. The van der Waals surface area contributed by atoms with Gasteiger partial charge in [-0.2, -0.15) is 5.26 Å². The summed E-state index contributed by atoms with van der Waals surface area (Å²) in [5.74, 6) is 0.480. The van der Waals surface area contributed by atoms with Crippen LogP contribution in [0.1, 0.15) is 11.1 Å². The molecule has 0 saturated heterocycles. The number of anilines is 3. The summed E-state index contributed by atoms with van der Waals surface area (Å²) in [4.78, 5) is 6.08. The Morgan fingerprint density at radius 1 is 1.29 bits per heavy atom. The molecule has 0 aliphatic carbocycles. The van der Waals surface area contributed by atoms with Gasteiger partial charge < -0.3 is 9.64 Å². The highest BCUT2D eigenvalue weighted by Crippen LogP contribution is 2.38. The normalized spacial score (nSPS) is 13.4. The van der Waals surface area contributed by atoms with Gasteiger partial charge in [0.2, 0.25) is 0 Å². The van der Waals surface area contributed by atoms with Crippen LogP contribution in [-0.2, 0) is 10.0 Å². The largest absolute Gasteiger partial charge is 0.489 e. The first-order valence-electron chi connectivity index (χ1n) is 8.45. The van der Waals surface area contributed by atoms with Crippen molar-refractivity contribution in [1.82, 2.24) is 4.98 Å². The van der Waals surface area contributed by atoms with Crippen LogP contribution in [0.3, 0.4) is 0 Å². The molecule has 0 spiro atoms. The van der Waals surface area contributed by atoms with Gasteiger partial charge in [0.15, 0.2) is 5.13 Å². The minimum absolute atomic E-state index is 0.102. The molecule has 142 valence electrons. The van der Waals surface area contributed by atoms with Crippen LogP contribution < -0.4 is 14.4 Å². The zero-order chi connectivity index (χ0) is 19.7. The number of aryl methyl sites for hydroxylation is 1. The van der Waals surface area contributed by atoms with Gasteiger partial charge in [0.25, 0.3) is 10.0 Å². The second-order valence-corrected chi connectivity index (χ2v) is 8.82. The van der Waals surface area contributed by atoms with E-state index in [0.29, 0.717) is 29.6 Å². The first kappa shape index (κ1) is 18.3. The van der Waals surface area contributed by atoms with E-state index < -0.39 is 10.0 Å². The number of benzene rings is 2. The van der Waals surface area contributed by atoms with Crippen LogP contribution in [0.4, 0.5) is 16.5 Å². The Labute approximate surface area is 166 Å². The SMILES string of the molecule is Cc1cc(C#N)cc(N2CCOc3cc(S(=O)(=O)Nc4nccs4)ccc32)c1. The molecule has 7 nitrogen and oxygen atoms in total. The lowest BCUT2D eigenvalue weighted by atomic mass is 10.1. The molecule has 1 aliphatic heterocycles. The lowest BCUT2D eigenvalue weighted by Crippen LogP contribution is -2.29. The van der Waals surface area contributed by atoms with Gasteiger partial charge in [0.1, 0.15) is 12.4 Å². The first-order chi connectivity index (χ1) is 13.5. The number of ether oxygens (including phenoxy) is 1. The number of nitrogens with one attached hydrogen (secondary N) is 1. The standard InChI is InChI=1S/C19H16N4O3S2/c1-13-8-14(12-20)10-15(9-13)23-5-6-26-18-11-16(2-3-17(18)23)28(24,25)22-19-21-4-7-27-19/h2-4,7-11H,5-6H2,1H3,(H,21,22). The highest BCUT2D eigenvalue weighted by Gasteiger charge is 2.24. The average molecular weight is 412 g/mol. The molecule has 4 rings (SSSR count). The first-order valence-corrected chi connectivity index (χ1v) is 10.8. The number of hydrogen-bond acceptors (Lipinski definition) is 7. The van der Waals surface area contributed by atoms with Crippen molar-refractivity contribution in [2.75, 3.05) is 22.8 Å². The molecule has 0 bridgehead atoms. The molecule has 1 aliphatic rings. The van der Waals surface area contributed by atoms with Crippen molar-refractivity contribution in [3.63, 3.8) is 0 Å². The second kappa shape index (κ2) is 7.14. The van der Waals surface area contributed by atoms with Gasteiger partial charge in [-0.3, -0.25) is 4.72 Å². The van der Waals surface area contributed by atoms with E-state index in [0.717, 1.165) is 16.9 Å². The number of nitrogens with zero attached hydrogens (tertiary/aromatic N) is 3. The highest BCUT2D eigenvalue weighted by atomic mass is 32.2. The third kappa shape index (κ3) is 3.52. The molecular formula is C19H16N4O3S2. The summed E-state index contributed by atoms with van der Waals surface area (Å²) in [6.45, 7) is 2.95. The lowest BCUT2D eigenvalue weighted by Gasteiger charge is -2.32. The Balaban J connectivity index is 1.70. The van der Waals surface area contributed by atoms with Crippen LogP contribution in [0.25, 0.3) is 0 Å². The molecule has 1 N–H and O–H groups in total. The van der Waals surface area contributed by atoms with E-state index in [1.807, 2.05) is 30.0 Å². The molecule has 3 aromatic rings. The molecule has 9 heteroatoms. The zero-order valence-corrected chi connectivity index (χ0v) is 16.5. The third-order valence-electron chi connectivity index (χ3n) is 4.26. The van der Waals surface area contributed by atoms with Crippen LogP contribution in [0.2, 0.25) is 0 Å². The van der Waals surface area contributed by atoms with E-state index in [1.165, 1.54) is 29.7 Å². The maximum Gasteiger partial charge on any atom is 0.263 e. The predicted octanol–water partition coefficient (Wildman–Crippen LogP) is 3.65. The van der Waals surface area contributed by atoms with Crippen molar-refractivity contribution >= 4 is 37.9 Å². The Bertz CT molecular complexity index is 1170. The monoisotopic (exact) mass is 412 g/mol. The fourth-order valence-corrected chi connectivity index (χ4v) is 4.87. The Kier molecular flexibility index (Phi) is 4.66. The molecule has 28 heavy (non-hydrogen) atoms. The third-order valence-corrected chi connectivity index (χ3v) is 6.42. The Hall–Kier alpha value is -3.09. The van der Waals surface area contributed by atoms with Crippen molar-refractivity contribution in [2.24, 2.45) is 0 Å². The van der Waals surface area contributed by atoms with Gasteiger partial charge in [-0.15, -0.1) is 11.3 Å². The van der Waals surface area contributed by atoms with E-state index in [4.69, 9.17) is 4.74 Å². The Morgan fingerprint density at radius 2 is 2.14 bits per heavy atom. The molecule has 2 heterocycles. The van der Waals surface area contributed by atoms with Crippen molar-refractivity contribution in [3.05, 3.63) is 59.1 Å². The smallest absolute Gasteiger partial charge is 0.263 e. The molecule has 0 fully saturated rings. The summed E-state index contributed by atoms with van der Waals surface area (Å²) < 4.78 is 33.4. The van der Waals surface area contributed by atoms with Gasteiger partial charge in [0.05, 0.1) is 28.8 Å². The van der Waals surface area contributed by atoms with Gasteiger partial charge in [-0.1, -0.05) is 0 Å². The van der Waals surface area contributed by atoms with Crippen molar-refractivity contribution in [1.29, 1.82) is 5.26 Å². The van der Waals surface area contributed by atoms with E-state index >= 15 is 0 Å². The maximum absolute atomic E-state index is 12.6. The molecule has 0 amide bonds. The number of fused-ring (bicyclic) bond motifs is 1. The number of sulfonamides is 1. The van der Waals surface area contributed by atoms with Gasteiger partial charge >= 0.3 is 0 Å². The van der Waals surface area contributed by atoms with Crippen LogP contribution >= 0.6 is 11.3 Å². The molecule has 0 radical (unpaired) electrons. The van der Waals surface area contributed by atoms with Crippen molar-refractivity contribution in [2.45, 2.75) is 11.8 Å². The predicted molar refractivity (Wildman–Crippen MR) is 108 cm³/mol. The summed E-state index contributed by atoms with van der Waals surface area (Å²) in [5, 5.41) is 11.2. The summed E-state index contributed by atoms with van der Waals surface area (Å²) in [5.41, 5.74) is 3.19. The van der Waals surface area contributed by atoms with Gasteiger partial charge in [-0.05, 0) is 42.8 Å². The summed E-state index contributed by atoms with van der Waals surface area (Å²) >= 11 is 1.21. The average Bonchev–Trinajstić information content (AvgIpc) is 3.18. The zero-order valence-electron chi connectivity index (χ0n) is 14.9. The van der Waals surface area contributed by atoms with Crippen molar-refractivity contribution in [3.8, 4) is 11.8 Å². The molecule has 0 atom stereocenters. The quantitative estimate of drug-likeness (QED) is 0.703. The summed E-state index contributed by atoms with van der Waals surface area (Å²) in [6, 6.07) is 12.6. The Morgan fingerprint density at radius 3 is 2.89 bits per heavy atom. The molecule has 0 unspecified atom stereocenters. The van der Waals surface area contributed by atoms with Gasteiger partial charge in [0, 0.05) is 23.3 Å². The summed E-state index contributed by atoms with van der Waals surface area (Å²) in [6.07, 6.45) is 1.54. The number of aromatic nitrogens is 1. The molecule has 2 aromatic carbocycles. The summed E-state index contributed by atoms with van der Waals surface area (Å²) in [7, 11) is -3.76. The van der Waals surface area contributed by atoms with Crippen LogP contribution in [0, 0.1) is 18.3 Å². The van der Waals surface area contributed by atoms with E-state index in [-0.39, 0.29) is 4.90 Å². The minimum atomic E-state index is -3.76. The molecule has 0 saturated carbocycles. The van der Waals surface area contributed by atoms with E-state index in [1.54, 1.807) is 11.4 Å². The highest BCUT2D eigenvalue weighted by molar-refractivity contribution is 7.93. The second-order valence-electron chi connectivity index (χ2n) is 6.24. The lowest BCUT2D eigenvalue weighted by molar-refractivity contribution is 0.313. The maximum atomic E-state index is 12.6. The van der Waals surface area contributed by atoms with Crippen LogP contribution in [-0.4, -0.2) is 26.6 Å². The topological polar surface area (TPSA) is 95.3 Å². The van der Waals surface area contributed by atoms with Gasteiger partial charge in [-0.25, -0.2) is 13.4 Å². The van der Waals surface area contributed by atoms with Crippen LogP contribution in [0.5, 0.6) is 5.75 Å². The fraction of sp³-hybridized carbons (Fsp3) is 0.158. The van der Waals surface area contributed by atoms with E-state index in [9.17, 15) is 13.7 Å². The number of rotatable bonds is 4. The number of hydrogen-bond donors (Lipinski definition) is 1. The molecule has 1 aromatic heterocycles. The fourth-order valence-electron chi connectivity index (χ4n) is 3.07. The van der Waals surface area contributed by atoms with Crippen molar-refractivity contribution < 1.29 is 13.2 Å². The minimum Gasteiger partial charge on any atom is -0.489 e. The number of thiazole rings is 1. The number of nitriles is 1. The van der Waals surface area contributed by atoms with E-state index in [2.05, 4.69) is 15.8 Å². The van der Waals surface area contributed by atoms with Crippen LogP contribution in [0.15, 0.2) is 52.9 Å².